The molecule has 2 aromatic carbocycles. The van der Waals surface area contributed by atoms with E-state index < -0.39 is 12.1 Å². The molecule has 0 saturated heterocycles. The zero-order chi connectivity index (χ0) is 13.0. The molecule has 0 fully saturated rings. The summed E-state index contributed by atoms with van der Waals surface area (Å²) in [6.45, 7) is 0. The fourth-order valence-corrected chi connectivity index (χ4v) is 1.77. The molecule has 0 heterocycles. The second kappa shape index (κ2) is 5.47. The van der Waals surface area contributed by atoms with Crippen LogP contribution in [0.4, 0.5) is 0 Å². The number of benzene rings is 2. The van der Waals surface area contributed by atoms with Gasteiger partial charge in [-0.05, 0) is 16.7 Å². The molecule has 0 amide bonds. The summed E-state index contributed by atoms with van der Waals surface area (Å²) in [5, 5.41) is 17.9. The first-order valence-electron chi connectivity index (χ1n) is 5.72. The minimum atomic E-state index is -1.34. The van der Waals surface area contributed by atoms with Gasteiger partial charge in [0.05, 0.1) is 0 Å². The van der Waals surface area contributed by atoms with Crippen molar-refractivity contribution in [3.05, 3.63) is 60.2 Å². The Morgan fingerprint density at radius 2 is 1.50 bits per heavy atom. The number of aliphatic hydroxyl groups is 1. The van der Waals surface area contributed by atoms with Crippen LogP contribution in [-0.2, 0) is 11.2 Å². The van der Waals surface area contributed by atoms with E-state index in [4.69, 9.17) is 5.11 Å². The van der Waals surface area contributed by atoms with Gasteiger partial charge in [-0.2, -0.15) is 0 Å². The number of rotatable bonds is 4. The third-order valence-electron chi connectivity index (χ3n) is 2.78. The molecule has 1 atom stereocenters. The second-order valence-corrected chi connectivity index (χ2v) is 4.12. The van der Waals surface area contributed by atoms with E-state index in [1.165, 1.54) is 0 Å². The number of carbonyl (C=O) groups is 1. The van der Waals surface area contributed by atoms with Crippen molar-refractivity contribution < 1.29 is 15.0 Å². The second-order valence-electron chi connectivity index (χ2n) is 4.12. The molecule has 0 aliphatic carbocycles. The summed E-state index contributed by atoms with van der Waals surface area (Å²) in [4.78, 5) is 10.5. The van der Waals surface area contributed by atoms with Gasteiger partial charge in [0.2, 0.25) is 0 Å². The van der Waals surface area contributed by atoms with Crippen LogP contribution < -0.4 is 0 Å². The third kappa shape index (κ3) is 2.96. The van der Waals surface area contributed by atoms with Crippen LogP contribution >= 0.6 is 0 Å². The SMILES string of the molecule is O=C(O)[C@H](O)Cc1ccc(-c2ccccc2)cc1. The number of aliphatic hydroxyl groups excluding tert-OH is 1. The molecule has 0 aromatic heterocycles. The van der Waals surface area contributed by atoms with E-state index in [0.717, 1.165) is 16.7 Å². The van der Waals surface area contributed by atoms with Gasteiger partial charge in [-0.15, -0.1) is 0 Å². The zero-order valence-corrected chi connectivity index (χ0v) is 9.78. The van der Waals surface area contributed by atoms with Crippen LogP contribution in [0.3, 0.4) is 0 Å². The number of aliphatic carboxylic acids is 1. The maximum Gasteiger partial charge on any atom is 0.332 e. The van der Waals surface area contributed by atoms with E-state index in [1.807, 2.05) is 54.6 Å². The van der Waals surface area contributed by atoms with Crippen LogP contribution in [-0.4, -0.2) is 22.3 Å². The highest BCUT2D eigenvalue weighted by Gasteiger charge is 2.13. The molecule has 3 heteroatoms. The van der Waals surface area contributed by atoms with Crippen LogP contribution in [0.1, 0.15) is 5.56 Å². The summed E-state index contributed by atoms with van der Waals surface area (Å²) < 4.78 is 0. The molecule has 0 bridgehead atoms. The highest BCUT2D eigenvalue weighted by atomic mass is 16.4. The minimum Gasteiger partial charge on any atom is -0.479 e. The molecule has 0 aliphatic heterocycles. The first-order valence-corrected chi connectivity index (χ1v) is 5.72. The molecular formula is C15H14O3. The molecule has 18 heavy (non-hydrogen) atoms. The van der Waals surface area contributed by atoms with Crippen LogP contribution in [0.2, 0.25) is 0 Å². The van der Waals surface area contributed by atoms with E-state index in [9.17, 15) is 9.90 Å². The number of carboxylic acids is 1. The predicted molar refractivity (Wildman–Crippen MR) is 69.2 cm³/mol. The lowest BCUT2D eigenvalue weighted by molar-refractivity contribution is -0.146. The van der Waals surface area contributed by atoms with Gasteiger partial charge in [0.25, 0.3) is 0 Å². The molecular weight excluding hydrogens is 228 g/mol. The molecule has 2 aromatic rings. The van der Waals surface area contributed by atoms with Gasteiger partial charge < -0.3 is 10.2 Å². The quantitative estimate of drug-likeness (QED) is 0.865. The smallest absolute Gasteiger partial charge is 0.332 e. The number of carboxylic acid groups (broad SMARTS) is 1. The average molecular weight is 242 g/mol. The van der Waals surface area contributed by atoms with E-state index in [1.54, 1.807) is 0 Å². The summed E-state index contributed by atoms with van der Waals surface area (Å²) in [7, 11) is 0. The summed E-state index contributed by atoms with van der Waals surface area (Å²) in [5.41, 5.74) is 3.00. The summed E-state index contributed by atoms with van der Waals surface area (Å²) in [6, 6.07) is 17.5. The fraction of sp³-hybridized carbons (Fsp3) is 0.133. The molecule has 0 radical (unpaired) electrons. The average Bonchev–Trinajstić information content (AvgIpc) is 2.40. The highest BCUT2D eigenvalue weighted by molar-refractivity contribution is 5.72. The van der Waals surface area contributed by atoms with Crippen molar-refractivity contribution in [2.24, 2.45) is 0 Å². The standard InChI is InChI=1S/C15H14O3/c16-14(15(17)18)10-11-6-8-13(9-7-11)12-4-2-1-3-5-12/h1-9,14,16H,10H2,(H,17,18)/t14-/m1/s1. The Morgan fingerprint density at radius 1 is 0.944 bits per heavy atom. The van der Waals surface area contributed by atoms with E-state index in [2.05, 4.69) is 0 Å². The van der Waals surface area contributed by atoms with Gasteiger partial charge in [-0.25, -0.2) is 4.79 Å². The molecule has 0 aliphatic rings. The molecule has 0 unspecified atom stereocenters. The van der Waals surface area contributed by atoms with E-state index >= 15 is 0 Å². The third-order valence-corrected chi connectivity index (χ3v) is 2.78. The Labute approximate surface area is 105 Å². The van der Waals surface area contributed by atoms with E-state index in [0.29, 0.717) is 0 Å². The molecule has 2 rings (SSSR count). The van der Waals surface area contributed by atoms with Crippen molar-refractivity contribution >= 4 is 5.97 Å². The Morgan fingerprint density at radius 3 is 2.06 bits per heavy atom. The maximum absolute atomic E-state index is 10.5. The van der Waals surface area contributed by atoms with Crippen molar-refractivity contribution in [1.29, 1.82) is 0 Å². The van der Waals surface area contributed by atoms with Crippen LogP contribution in [0.25, 0.3) is 11.1 Å². The first-order chi connectivity index (χ1) is 8.66. The normalized spacial score (nSPS) is 12.1. The van der Waals surface area contributed by atoms with Crippen molar-refractivity contribution in [2.45, 2.75) is 12.5 Å². The predicted octanol–water partition coefficient (Wildman–Crippen LogP) is 2.34. The summed E-state index contributed by atoms with van der Waals surface area (Å²) in [5.74, 6) is -1.19. The lowest BCUT2D eigenvalue weighted by Gasteiger charge is -2.07. The van der Waals surface area contributed by atoms with Gasteiger partial charge >= 0.3 is 5.97 Å². The highest BCUT2D eigenvalue weighted by Crippen LogP contribution is 2.19. The lowest BCUT2D eigenvalue weighted by Crippen LogP contribution is -2.21. The van der Waals surface area contributed by atoms with Crippen LogP contribution in [0, 0.1) is 0 Å². The van der Waals surface area contributed by atoms with Gasteiger partial charge in [-0.3, -0.25) is 0 Å². The molecule has 0 saturated carbocycles. The van der Waals surface area contributed by atoms with Crippen molar-refractivity contribution in [3.63, 3.8) is 0 Å². The Hall–Kier alpha value is -2.13. The molecule has 3 nitrogen and oxygen atoms in total. The number of hydrogen-bond acceptors (Lipinski definition) is 2. The Kier molecular flexibility index (Phi) is 3.75. The Balaban J connectivity index is 2.13. The van der Waals surface area contributed by atoms with Gasteiger partial charge in [-0.1, -0.05) is 54.6 Å². The summed E-state index contributed by atoms with van der Waals surface area (Å²) >= 11 is 0. The maximum atomic E-state index is 10.5. The monoisotopic (exact) mass is 242 g/mol. The van der Waals surface area contributed by atoms with Crippen LogP contribution in [0.5, 0.6) is 0 Å². The van der Waals surface area contributed by atoms with Crippen LogP contribution in [0.15, 0.2) is 54.6 Å². The lowest BCUT2D eigenvalue weighted by atomic mass is 10.0. The van der Waals surface area contributed by atoms with Crippen molar-refractivity contribution in [1.82, 2.24) is 0 Å². The number of hydrogen-bond donors (Lipinski definition) is 2. The molecule has 2 N–H and O–H groups in total. The zero-order valence-electron chi connectivity index (χ0n) is 9.78. The summed E-state index contributed by atoms with van der Waals surface area (Å²) in [6.07, 6.45) is -1.21. The fourth-order valence-electron chi connectivity index (χ4n) is 1.77. The van der Waals surface area contributed by atoms with Gasteiger partial charge in [0.1, 0.15) is 0 Å². The minimum absolute atomic E-state index is 0.129. The van der Waals surface area contributed by atoms with Gasteiger partial charge in [0, 0.05) is 6.42 Å². The topological polar surface area (TPSA) is 57.5 Å². The molecule has 92 valence electrons. The Bertz CT molecular complexity index is 517. The largest absolute Gasteiger partial charge is 0.479 e. The van der Waals surface area contributed by atoms with E-state index in [-0.39, 0.29) is 6.42 Å². The molecule has 0 spiro atoms. The van der Waals surface area contributed by atoms with Crippen molar-refractivity contribution in [2.75, 3.05) is 0 Å². The van der Waals surface area contributed by atoms with Crippen molar-refractivity contribution in [3.8, 4) is 11.1 Å². The van der Waals surface area contributed by atoms with Gasteiger partial charge in [0.15, 0.2) is 6.10 Å². The first kappa shape index (κ1) is 12.3.